The molecule has 0 radical (unpaired) electrons. The summed E-state index contributed by atoms with van der Waals surface area (Å²) >= 11 is 3.49. The number of thioether (sulfide) groups is 2. The Hall–Kier alpha value is -0.0600. The summed E-state index contributed by atoms with van der Waals surface area (Å²) in [7, 11) is 0. The molecule has 0 aromatic heterocycles. The van der Waals surface area contributed by atoms with Gasteiger partial charge >= 0.3 is 5.97 Å². The first-order chi connectivity index (χ1) is 9.89. The monoisotopic (exact) mass is 352 g/mol. The Morgan fingerprint density at radius 1 is 1.38 bits per heavy atom. The maximum atomic E-state index is 11.4. The first kappa shape index (κ1) is 15.8. The number of rotatable bonds is 2. The van der Waals surface area contributed by atoms with Gasteiger partial charge in [-0.25, -0.2) is 4.21 Å². The first-order valence-corrected chi connectivity index (χ1v) is 9.15. The molecule has 0 bridgehead atoms. The van der Waals surface area contributed by atoms with Gasteiger partial charge in [0.05, 0.1) is 5.25 Å². The fraction of sp³-hybridized carbons (Fsp3) is 0.833. The third kappa shape index (κ3) is 3.18. The van der Waals surface area contributed by atoms with Gasteiger partial charge in [0.1, 0.15) is 20.9 Å². The van der Waals surface area contributed by atoms with Gasteiger partial charge < -0.3 is 18.9 Å². The van der Waals surface area contributed by atoms with Crippen LogP contribution in [0.15, 0.2) is 0 Å². The highest BCUT2D eigenvalue weighted by Crippen LogP contribution is 2.45. The Labute approximate surface area is 134 Å². The third-order valence-electron chi connectivity index (χ3n) is 3.38. The fourth-order valence-corrected chi connectivity index (χ4v) is 6.01. The molecule has 0 saturated carbocycles. The lowest BCUT2D eigenvalue weighted by Gasteiger charge is -2.27. The number of ether oxygens (including phenoxy) is 4. The lowest BCUT2D eigenvalue weighted by molar-refractivity contribution is -0.217. The van der Waals surface area contributed by atoms with Crippen molar-refractivity contribution in [1.82, 2.24) is 0 Å². The zero-order chi connectivity index (χ0) is 15.2. The predicted octanol–water partition coefficient (Wildman–Crippen LogP) is 0.943. The smallest absolute Gasteiger partial charge is 0.303 e. The molecule has 9 heteroatoms. The standard InChI is InChI=1S/C12H16O6S3/c1-5(13)15-8-7(6-4-19-11(20-6)21-14)16-10-9(8)17-12(2,3)18-10/h6-10H,4H2,1-3H3. The van der Waals surface area contributed by atoms with E-state index in [-0.39, 0.29) is 17.3 Å². The number of carbonyl (C=O) groups is 1. The minimum atomic E-state index is -0.752. The zero-order valence-electron chi connectivity index (χ0n) is 11.8. The molecule has 5 atom stereocenters. The maximum Gasteiger partial charge on any atom is 0.303 e. The van der Waals surface area contributed by atoms with Crippen LogP contribution >= 0.6 is 23.5 Å². The molecule has 0 aromatic rings. The molecular weight excluding hydrogens is 336 g/mol. The van der Waals surface area contributed by atoms with Gasteiger partial charge in [0.25, 0.3) is 0 Å². The Kier molecular flexibility index (Phi) is 4.41. The van der Waals surface area contributed by atoms with Crippen LogP contribution in [0.3, 0.4) is 0 Å². The van der Waals surface area contributed by atoms with E-state index in [9.17, 15) is 9.00 Å². The highest BCUT2D eigenvalue weighted by atomic mass is 32.2. The highest BCUT2D eigenvalue weighted by molar-refractivity contribution is 8.48. The van der Waals surface area contributed by atoms with Gasteiger partial charge in [0, 0.05) is 12.7 Å². The molecule has 118 valence electrons. The van der Waals surface area contributed by atoms with Crippen molar-refractivity contribution in [3.8, 4) is 0 Å². The molecule has 3 saturated heterocycles. The van der Waals surface area contributed by atoms with E-state index in [1.807, 2.05) is 0 Å². The van der Waals surface area contributed by atoms with Crippen molar-refractivity contribution in [3.05, 3.63) is 0 Å². The van der Waals surface area contributed by atoms with Crippen LogP contribution < -0.4 is 0 Å². The molecule has 0 aromatic carbocycles. The maximum absolute atomic E-state index is 11.4. The quantitative estimate of drug-likeness (QED) is 0.537. The van der Waals surface area contributed by atoms with Gasteiger partial charge in [-0.3, -0.25) is 4.79 Å². The Bertz CT molecular complexity index is 503. The molecule has 0 N–H and O–H groups in total. The van der Waals surface area contributed by atoms with E-state index in [2.05, 4.69) is 0 Å². The second-order valence-electron chi connectivity index (χ2n) is 5.44. The zero-order valence-corrected chi connectivity index (χ0v) is 14.2. The molecule has 0 spiro atoms. The minimum Gasteiger partial charge on any atom is -0.457 e. The summed E-state index contributed by atoms with van der Waals surface area (Å²) in [6.07, 6.45) is -1.81. The molecule has 0 amide bonds. The van der Waals surface area contributed by atoms with Crippen LogP contribution in [0.5, 0.6) is 0 Å². The van der Waals surface area contributed by atoms with Crippen LogP contribution in [0.4, 0.5) is 0 Å². The van der Waals surface area contributed by atoms with E-state index in [0.717, 1.165) is 9.28 Å². The Morgan fingerprint density at radius 2 is 2.14 bits per heavy atom. The lowest BCUT2D eigenvalue weighted by Crippen LogP contribution is -2.42. The van der Waals surface area contributed by atoms with Crippen LogP contribution in [0.2, 0.25) is 0 Å². The van der Waals surface area contributed by atoms with Crippen molar-refractivity contribution < 1.29 is 28.0 Å². The lowest BCUT2D eigenvalue weighted by atomic mass is 10.1. The molecule has 21 heavy (non-hydrogen) atoms. The molecule has 3 aliphatic rings. The van der Waals surface area contributed by atoms with Crippen molar-refractivity contribution in [3.63, 3.8) is 0 Å². The van der Waals surface area contributed by atoms with E-state index in [0.29, 0.717) is 11.3 Å². The van der Waals surface area contributed by atoms with Gasteiger partial charge in [0.15, 0.2) is 24.3 Å². The van der Waals surface area contributed by atoms with Gasteiger partial charge in [-0.05, 0) is 13.8 Å². The van der Waals surface area contributed by atoms with Crippen molar-refractivity contribution in [2.75, 3.05) is 5.75 Å². The predicted molar refractivity (Wildman–Crippen MR) is 81.2 cm³/mol. The van der Waals surface area contributed by atoms with E-state index in [1.54, 1.807) is 13.8 Å². The molecule has 5 unspecified atom stereocenters. The molecule has 3 aliphatic heterocycles. The van der Waals surface area contributed by atoms with Gasteiger partial charge in [0.2, 0.25) is 0 Å². The summed E-state index contributed by atoms with van der Waals surface area (Å²) in [5.74, 6) is -0.375. The second-order valence-corrected chi connectivity index (χ2v) is 9.07. The molecule has 6 nitrogen and oxygen atoms in total. The van der Waals surface area contributed by atoms with E-state index >= 15 is 0 Å². The summed E-state index contributed by atoms with van der Waals surface area (Å²) in [6, 6.07) is 0. The summed E-state index contributed by atoms with van der Waals surface area (Å²) < 4.78 is 34.5. The number of carbonyl (C=O) groups excluding carboxylic acids is 1. The largest absolute Gasteiger partial charge is 0.457 e. The van der Waals surface area contributed by atoms with Crippen molar-refractivity contribution in [2.45, 2.75) is 56.4 Å². The van der Waals surface area contributed by atoms with Crippen LogP contribution in [0, 0.1) is 0 Å². The first-order valence-electron chi connectivity index (χ1n) is 6.54. The molecular formula is C12H16O6S3. The summed E-state index contributed by atoms with van der Waals surface area (Å²) in [5, 5.41) is 0.0525. The fourth-order valence-electron chi connectivity index (χ4n) is 2.68. The third-order valence-corrected chi connectivity index (χ3v) is 7.11. The van der Waals surface area contributed by atoms with E-state index in [1.165, 1.54) is 30.4 Å². The van der Waals surface area contributed by atoms with Gasteiger partial charge in [-0.15, -0.1) is 11.8 Å². The number of esters is 1. The van der Waals surface area contributed by atoms with Crippen LogP contribution in [0.1, 0.15) is 20.8 Å². The normalized spacial score (nSPS) is 41.1. The van der Waals surface area contributed by atoms with Crippen molar-refractivity contribution in [1.29, 1.82) is 0 Å². The topological polar surface area (TPSA) is 71.1 Å². The summed E-state index contributed by atoms with van der Waals surface area (Å²) in [6.45, 7) is 4.97. The van der Waals surface area contributed by atoms with E-state index < -0.39 is 24.3 Å². The van der Waals surface area contributed by atoms with Crippen LogP contribution in [-0.4, -0.2) is 55.1 Å². The summed E-state index contributed by atoms with van der Waals surface area (Å²) in [4.78, 5) is 11.4. The van der Waals surface area contributed by atoms with Crippen molar-refractivity contribution >= 4 is 44.3 Å². The average Bonchev–Trinajstić information content (AvgIpc) is 3.03. The molecule has 3 fully saturated rings. The van der Waals surface area contributed by atoms with Crippen molar-refractivity contribution in [2.24, 2.45) is 0 Å². The minimum absolute atomic E-state index is 0.0525. The Morgan fingerprint density at radius 3 is 2.76 bits per heavy atom. The number of hydrogen-bond acceptors (Lipinski definition) is 8. The molecule has 3 heterocycles. The highest BCUT2D eigenvalue weighted by Gasteiger charge is 2.58. The Balaban J connectivity index is 1.78. The molecule has 3 rings (SSSR count). The van der Waals surface area contributed by atoms with E-state index in [4.69, 9.17) is 18.9 Å². The summed E-state index contributed by atoms with van der Waals surface area (Å²) in [5.41, 5.74) is 0. The molecule has 0 aliphatic carbocycles. The van der Waals surface area contributed by atoms with Gasteiger partial charge in [-0.1, -0.05) is 11.8 Å². The number of hydrogen-bond donors (Lipinski definition) is 0. The number of fused-ring (bicyclic) bond motifs is 1. The SMILES string of the molecule is CC(=O)OC1C2OC(C)(C)OC2OC1C1CSC(=S=O)S1. The van der Waals surface area contributed by atoms with Crippen LogP contribution in [0.25, 0.3) is 0 Å². The van der Waals surface area contributed by atoms with Crippen LogP contribution in [-0.2, 0) is 35.0 Å². The average molecular weight is 352 g/mol. The van der Waals surface area contributed by atoms with Gasteiger partial charge in [-0.2, -0.15) is 0 Å². The second kappa shape index (κ2) is 5.86.